The van der Waals surface area contributed by atoms with Gasteiger partial charge in [0.25, 0.3) is 0 Å². The molecule has 4 nitrogen and oxygen atoms in total. The van der Waals surface area contributed by atoms with Crippen molar-refractivity contribution in [2.24, 2.45) is 0 Å². The summed E-state index contributed by atoms with van der Waals surface area (Å²) in [6.45, 7) is 0.316. The Labute approximate surface area is 88.6 Å². The van der Waals surface area contributed by atoms with Gasteiger partial charge < -0.3 is 15.5 Å². The molecule has 2 atom stereocenters. The standard InChI is InChI=1S/C11H15NO3/c1-12-6-10(14)11(15)9-4-2-8(7-13)3-5-9/h2-5,7,10-12,14-15H,6H2,1H3. The molecule has 0 heterocycles. The van der Waals surface area contributed by atoms with Gasteiger partial charge in [0.15, 0.2) is 0 Å². The summed E-state index contributed by atoms with van der Waals surface area (Å²) in [6.07, 6.45) is -1.05. The lowest BCUT2D eigenvalue weighted by atomic mass is 10.0. The Morgan fingerprint density at radius 2 is 1.93 bits per heavy atom. The van der Waals surface area contributed by atoms with Crippen molar-refractivity contribution in [3.8, 4) is 0 Å². The fourth-order valence-electron chi connectivity index (χ4n) is 1.31. The van der Waals surface area contributed by atoms with Crippen LogP contribution in [0.25, 0.3) is 0 Å². The van der Waals surface area contributed by atoms with Gasteiger partial charge in [-0.15, -0.1) is 0 Å². The lowest BCUT2D eigenvalue weighted by Gasteiger charge is -2.17. The molecule has 1 rings (SSSR count). The number of likely N-dealkylation sites (N-methyl/N-ethyl adjacent to an activating group) is 1. The maximum Gasteiger partial charge on any atom is 0.150 e. The minimum absolute atomic E-state index is 0.316. The van der Waals surface area contributed by atoms with Crippen LogP contribution in [0, 0.1) is 0 Å². The Hall–Kier alpha value is -1.23. The fraction of sp³-hybridized carbons (Fsp3) is 0.364. The molecule has 1 aromatic rings. The monoisotopic (exact) mass is 209 g/mol. The smallest absolute Gasteiger partial charge is 0.150 e. The lowest BCUT2D eigenvalue weighted by Crippen LogP contribution is -2.29. The molecular weight excluding hydrogens is 194 g/mol. The van der Waals surface area contributed by atoms with Crippen LogP contribution in [0.3, 0.4) is 0 Å². The minimum Gasteiger partial charge on any atom is -0.389 e. The van der Waals surface area contributed by atoms with Crippen LogP contribution in [0.2, 0.25) is 0 Å². The summed E-state index contributed by atoms with van der Waals surface area (Å²) in [4.78, 5) is 10.4. The van der Waals surface area contributed by atoms with Gasteiger partial charge in [-0.2, -0.15) is 0 Å². The van der Waals surface area contributed by atoms with Crippen molar-refractivity contribution in [2.75, 3.05) is 13.6 Å². The third-order valence-corrected chi connectivity index (χ3v) is 2.19. The number of carbonyl (C=O) groups excluding carboxylic acids is 1. The van der Waals surface area contributed by atoms with Gasteiger partial charge in [-0.1, -0.05) is 24.3 Å². The molecule has 15 heavy (non-hydrogen) atoms. The Balaban J connectivity index is 2.73. The number of nitrogens with one attached hydrogen (secondary N) is 1. The predicted molar refractivity (Wildman–Crippen MR) is 56.7 cm³/mol. The molecule has 0 fully saturated rings. The number of aldehydes is 1. The van der Waals surface area contributed by atoms with E-state index < -0.39 is 12.2 Å². The number of aliphatic hydroxyl groups excluding tert-OH is 2. The Kier molecular flexibility index (Phi) is 4.42. The van der Waals surface area contributed by atoms with Crippen LogP contribution in [-0.4, -0.2) is 36.2 Å². The van der Waals surface area contributed by atoms with Crippen molar-refractivity contribution in [3.05, 3.63) is 35.4 Å². The molecule has 0 bridgehead atoms. The second kappa shape index (κ2) is 5.60. The molecule has 3 N–H and O–H groups in total. The number of hydrogen-bond acceptors (Lipinski definition) is 4. The van der Waals surface area contributed by atoms with E-state index in [1.54, 1.807) is 31.3 Å². The zero-order chi connectivity index (χ0) is 11.3. The van der Waals surface area contributed by atoms with Gasteiger partial charge in [0, 0.05) is 12.1 Å². The highest BCUT2D eigenvalue weighted by Crippen LogP contribution is 2.16. The second-order valence-corrected chi connectivity index (χ2v) is 3.35. The summed E-state index contributed by atoms with van der Waals surface area (Å²) in [5, 5.41) is 22.0. The summed E-state index contributed by atoms with van der Waals surface area (Å²) in [5.41, 5.74) is 1.15. The second-order valence-electron chi connectivity index (χ2n) is 3.35. The van der Waals surface area contributed by atoms with E-state index in [9.17, 15) is 15.0 Å². The SMILES string of the molecule is CNCC(O)C(O)c1ccc(C=O)cc1. The van der Waals surface area contributed by atoms with Crippen LogP contribution < -0.4 is 5.32 Å². The van der Waals surface area contributed by atoms with E-state index in [0.717, 1.165) is 6.29 Å². The zero-order valence-corrected chi connectivity index (χ0v) is 8.55. The lowest BCUT2D eigenvalue weighted by molar-refractivity contribution is 0.0202. The Morgan fingerprint density at radius 1 is 1.33 bits per heavy atom. The molecule has 0 saturated heterocycles. The normalized spacial score (nSPS) is 14.6. The molecule has 0 amide bonds. The first-order chi connectivity index (χ1) is 7.19. The molecule has 4 heteroatoms. The number of hydrogen-bond donors (Lipinski definition) is 3. The van der Waals surface area contributed by atoms with Gasteiger partial charge in [-0.05, 0) is 12.6 Å². The Morgan fingerprint density at radius 3 is 2.40 bits per heavy atom. The molecule has 0 spiro atoms. The largest absolute Gasteiger partial charge is 0.389 e. The van der Waals surface area contributed by atoms with Crippen molar-refractivity contribution < 1.29 is 15.0 Å². The number of carbonyl (C=O) groups is 1. The van der Waals surface area contributed by atoms with E-state index in [0.29, 0.717) is 17.7 Å². The molecule has 82 valence electrons. The maximum atomic E-state index is 10.4. The van der Waals surface area contributed by atoms with Crippen molar-refractivity contribution >= 4 is 6.29 Å². The average molecular weight is 209 g/mol. The van der Waals surface area contributed by atoms with Crippen LogP contribution in [-0.2, 0) is 0 Å². The Bertz CT molecular complexity index is 310. The minimum atomic E-state index is -0.932. The zero-order valence-electron chi connectivity index (χ0n) is 8.55. The molecule has 0 aliphatic rings. The first-order valence-electron chi connectivity index (χ1n) is 4.75. The third-order valence-electron chi connectivity index (χ3n) is 2.19. The van der Waals surface area contributed by atoms with E-state index in [2.05, 4.69) is 5.32 Å². The van der Waals surface area contributed by atoms with Gasteiger partial charge in [-0.3, -0.25) is 4.79 Å². The van der Waals surface area contributed by atoms with Crippen LogP contribution in [0.5, 0.6) is 0 Å². The number of aliphatic hydroxyl groups is 2. The van der Waals surface area contributed by atoms with Gasteiger partial charge in [-0.25, -0.2) is 0 Å². The fourth-order valence-corrected chi connectivity index (χ4v) is 1.31. The molecule has 0 aliphatic carbocycles. The molecule has 2 unspecified atom stereocenters. The van der Waals surface area contributed by atoms with Crippen LogP contribution in [0.1, 0.15) is 22.0 Å². The van der Waals surface area contributed by atoms with E-state index in [1.165, 1.54) is 0 Å². The van der Waals surface area contributed by atoms with Crippen LogP contribution in [0.4, 0.5) is 0 Å². The molecule has 0 aliphatic heterocycles. The molecule has 0 aromatic heterocycles. The topological polar surface area (TPSA) is 69.6 Å². The van der Waals surface area contributed by atoms with Crippen molar-refractivity contribution in [1.82, 2.24) is 5.32 Å². The number of rotatable bonds is 5. The van der Waals surface area contributed by atoms with E-state index in [4.69, 9.17) is 0 Å². The van der Waals surface area contributed by atoms with Gasteiger partial charge in [0.1, 0.15) is 12.4 Å². The highest BCUT2D eigenvalue weighted by atomic mass is 16.3. The first-order valence-corrected chi connectivity index (χ1v) is 4.75. The van der Waals surface area contributed by atoms with E-state index >= 15 is 0 Å². The highest BCUT2D eigenvalue weighted by Gasteiger charge is 2.16. The van der Waals surface area contributed by atoms with E-state index in [1.807, 2.05) is 0 Å². The summed E-state index contributed by atoms with van der Waals surface area (Å²) in [5.74, 6) is 0. The number of benzene rings is 1. The molecule has 0 saturated carbocycles. The van der Waals surface area contributed by atoms with Crippen LogP contribution in [0.15, 0.2) is 24.3 Å². The molecule has 0 radical (unpaired) electrons. The molecule has 1 aromatic carbocycles. The van der Waals surface area contributed by atoms with Gasteiger partial charge in [0.05, 0.1) is 6.10 Å². The van der Waals surface area contributed by atoms with Gasteiger partial charge >= 0.3 is 0 Å². The van der Waals surface area contributed by atoms with Gasteiger partial charge in [0.2, 0.25) is 0 Å². The third kappa shape index (κ3) is 3.13. The molecular formula is C11H15NO3. The van der Waals surface area contributed by atoms with Crippen LogP contribution >= 0.6 is 0 Å². The predicted octanol–water partition coefficient (Wildman–Crippen LogP) is 0.113. The van der Waals surface area contributed by atoms with E-state index in [-0.39, 0.29) is 0 Å². The summed E-state index contributed by atoms with van der Waals surface area (Å²) < 4.78 is 0. The highest BCUT2D eigenvalue weighted by molar-refractivity contribution is 5.74. The summed E-state index contributed by atoms with van der Waals surface area (Å²) in [6, 6.07) is 6.48. The maximum absolute atomic E-state index is 10.4. The quantitative estimate of drug-likeness (QED) is 0.602. The first kappa shape index (κ1) is 11.8. The van der Waals surface area contributed by atoms with Crippen molar-refractivity contribution in [1.29, 1.82) is 0 Å². The van der Waals surface area contributed by atoms with Crippen molar-refractivity contribution in [3.63, 3.8) is 0 Å². The summed E-state index contributed by atoms with van der Waals surface area (Å²) in [7, 11) is 1.70. The summed E-state index contributed by atoms with van der Waals surface area (Å²) >= 11 is 0. The van der Waals surface area contributed by atoms with Crippen molar-refractivity contribution in [2.45, 2.75) is 12.2 Å². The average Bonchev–Trinajstić information content (AvgIpc) is 2.28.